The number of hydrogen-bond donors (Lipinski definition) is 1. The molecule has 6 nitrogen and oxygen atoms in total. The van der Waals surface area contributed by atoms with Crippen LogP contribution in [-0.2, 0) is 11.3 Å². The van der Waals surface area contributed by atoms with Gasteiger partial charge in [-0.2, -0.15) is 0 Å². The number of anilines is 2. The number of carbonyl (C=O) groups is 1. The van der Waals surface area contributed by atoms with Gasteiger partial charge in [0.1, 0.15) is 11.6 Å². The summed E-state index contributed by atoms with van der Waals surface area (Å²) in [6, 6.07) is 16.5. The van der Waals surface area contributed by atoms with Crippen molar-refractivity contribution in [2.45, 2.75) is 33.2 Å². The minimum atomic E-state index is -0.316. The Morgan fingerprint density at radius 2 is 1.94 bits per heavy atom. The van der Waals surface area contributed by atoms with Crippen molar-refractivity contribution >= 4 is 17.4 Å². The van der Waals surface area contributed by atoms with Crippen molar-refractivity contribution in [2.75, 3.05) is 36.0 Å². The van der Waals surface area contributed by atoms with E-state index in [0.717, 1.165) is 43.9 Å². The Hall–Kier alpha value is -3.48. The monoisotopic (exact) mass is 461 g/mol. The Bertz CT molecular complexity index is 1100. The highest BCUT2D eigenvalue weighted by Crippen LogP contribution is 2.24. The van der Waals surface area contributed by atoms with Crippen LogP contribution < -0.4 is 15.1 Å². The Balaban J connectivity index is 1.36. The first kappa shape index (κ1) is 23.7. The molecule has 1 aliphatic rings. The van der Waals surface area contributed by atoms with Crippen molar-refractivity contribution in [3.05, 3.63) is 72.2 Å². The quantitative estimate of drug-likeness (QED) is 0.529. The highest BCUT2D eigenvalue weighted by Gasteiger charge is 2.26. The standard InChI is InChI=1S/C27H32FN5O/c1-3-32(4-2)24-12-10-20(11-13-24)18-30-27(34)22-8-6-16-33(19-22)25-14-15-29-26(31-25)21-7-5-9-23(28)17-21/h5,7,9-15,17,22H,3-4,6,8,16,18-19H2,1-2H3,(H,30,34)/t22-/m1/s1. The summed E-state index contributed by atoms with van der Waals surface area (Å²) in [7, 11) is 0. The van der Waals surface area contributed by atoms with Crippen LogP contribution in [0.3, 0.4) is 0 Å². The number of nitrogens with one attached hydrogen (secondary N) is 1. The van der Waals surface area contributed by atoms with E-state index in [1.165, 1.54) is 17.8 Å². The summed E-state index contributed by atoms with van der Waals surface area (Å²) in [5.41, 5.74) is 2.93. The molecule has 2 aromatic carbocycles. The second-order valence-electron chi connectivity index (χ2n) is 8.59. The molecule has 0 radical (unpaired) electrons. The van der Waals surface area contributed by atoms with Crippen molar-refractivity contribution in [2.24, 2.45) is 5.92 Å². The van der Waals surface area contributed by atoms with E-state index < -0.39 is 0 Å². The van der Waals surface area contributed by atoms with E-state index in [-0.39, 0.29) is 17.6 Å². The van der Waals surface area contributed by atoms with Gasteiger partial charge in [-0.1, -0.05) is 24.3 Å². The molecular weight excluding hydrogens is 429 g/mol. The van der Waals surface area contributed by atoms with E-state index >= 15 is 0 Å². The summed E-state index contributed by atoms with van der Waals surface area (Å²) in [6.45, 7) is 8.19. The molecule has 1 fully saturated rings. The maximum atomic E-state index is 13.6. The zero-order valence-corrected chi connectivity index (χ0v) is 19.9. The Morgan fingerprint density at radius 3 is 2.68 bits per heavy atom. The largest absolute Gasteiger partial charge is 0.372 e. The smallest absolute Gasteiger partial charge is 0.225 e. The lowest BCUT2D eigenvalue weighted by atomic mass is 9.97. The van der Waals surface area contributed by atoms with Crippen LogP contribution in [0.4, 0.5) is 15.9 Å². The van der Waals surface area contributed by atoms with E-state index in [2.05, 4.69) is 63.2 Å². The van der Waals surface area contributed by atoms with Gasteiger partial charge in [0.05, 0.1) is 5.92 Å². The fourth-order valence-electron chi connectivity index (χ4n) is 4.44. The number of rotatable bonds is 8. The summed E-state index contributed by atoms with van der Waals surface area (Å²) in [5.74, 6) is 0.896. The lowest BCUT2D eigenvalue weighted by molar-refractivity contribution is -0.125. The van der Waals surface area contributed by atoms with Gasteiger partial charge in [-0.05, 0) is 62.6 Å². The topological polar surface area (TPSA) is 61.4 Å². The van der Waals surface area contributed by atoms with Gasteiger partial charge in [0, 0.05) is 50.2 Å². The Morgan fingerprint density at radius 1 is 1.15 bits per heavy atom. The van der Waals surface area contributed by atoms with Crippen LogP contribution in [0, 0.1) is 11.7 Å². The summed E-state index contributed by atoms with van der Waals surface area (Å²) >= 11 is 0. The molecule has 4 rings (SSSR count). The molecule has 0 spiro atoms. The molecule has 1 aromatic heterocycles. The van der Waals surface area contributed by atoms with Crippen LogP contribution >= 0.6 is 0 Å². The van der Waals surface area contributed by atoms with Crippen LogP contribution in [0.1, 0.15) is 32.3 Å². The van der Waals surface area contributed by atoms with Crippen LogP contribution in [0.5, 0.6) is 0 Å². The summed E-state index contributed by atoms with van der Waals surface area (Å²) in [4.78, 5) is 26.3. The number of piperidine rings is 1. The van der Waals surface area contributed by atoms with Crippen molar-refractivity contribution < 1.29 is 9.18 Å². The molecule has 3 aromatic rings. The van der Waals surface area contributed by atoms with Crippen molar-refractivity contribution in [3.63, 3.8) is 0 Å². The summed E-state index contributed by atoms with van der Waals surface area (Å²) < 4.78 is 13.6. The molecule has 0 unspecified atom stereocenters. The third-order valence-electron chi connectivity index (χ3n) is 6.37. The Kier molecular flexibility index (Phi) is 7.72. The lowest BCUT2D eigenvalue weighted by Gasteiger charge is -2.33. The third kappa shape index (κ3) is 5.71. The van der Waals surface area contributed by atoms with E-state index in [0.29, 0.717) is 24.5 Å². The number of aromatic nitrogens is 2. The zero-order chi connectivity index (χ0) is 23.9. The molecule has 1 aliphatic heterocycles. The number of halogens is 1. The molecule has 1 N–H and O–H groups in total. The van der Waals surface area contributed by atoms with Gasteiger partial charge in [-0.3, -0.25) is 4.79 Å². The van der Waals surface area contributed by atoms with Crippen LogP contribution in [0.25, 0.3) is 11.4 Å². The normalized spacial score (nSPS) is 15.7. The van der Waals surface area contributed by atoms with Gasteiger partial charge in [0.15, 0.2) is 5.82 Å². The molecular formula is C27H32FN5O. The summed E-state index contributed by atoms with van der Waals surface area (Å²) in [5, 5.41) is 3.11. The van der Waals surface area contributed by atoms with E-state index in [4.69, 9.17) is 0 Å². The number of nitrogens with zero attached hydrogens (tertiary/aromatic N) is 4. The lowest BCUT2D eigenvalue weighted by Crippen LogP contribution is -2.43. The maximum Gasteiger partial charge on any atom is 0.225 e. The van der Waals surface area contributed by atoms with Crippen LogP contribution in [0.2, 0.25) is 0 Å². The number of benzene rings is 2. The second kappa shape index (κ2) is 11.1. The van der Waals surface area contributed by atoms with Gasteiger partial charge >= 0.3 is 0 Å². The van der Waals surface area contributed by atoms with Crippen molar-refractivity contribution in [1.82, 2.24) is 15.3 Å². The molecule has 1 saturated heterocycles. The van der Waals surface area contributed by atoms with Crippen LogP contribution in [-0.4, -0.2) is 42.1 Å². The van der Waals surface area contributed by atoms with Gasteiger partial charge in [-0.15, -0.1) is 0 Å². The van der Waals surface area contributed by atoms with E-state index in [1.807, 2.05) is 6.07 Å². The molecule has 0 saturated carbocycles. The number of amides is 1. The summed E-state index contributed by atoms with van der Waals surface area (Å²) in [6.07, 6.45) is 3.45. The first-order valence-corrected chi connectivity index (χ1v) is 12.0. The van der Waals surface area contributed by atoms with Gasteiger partial charge in [0.25, 0.3) is 0 Å². The first-order chi connectivity index (χ1) is 16.6. The average molecular weight is 462 g/mol. The van der Waals surface area contributed by atoms with Crippen molar-refractivity contribution in [1.29, 1.82) is 0 Å². The molecule has 0 bridgehead atoms. The Labute approximate surface area is 200 Å². The molecule has 178 valence electrons. The highest BCUT2D eigenvalue weighted by molar-refractivity contribution is 5.79. The van der Waals surface area contributed by atoms with Crippen LogP contribution in [0.15, 0.2) is 60.8 Å². The molecule has 7 heteroatoms. The fraction of sp³-hybridized carbons (Fsp3) is 0.370. The molecule has 1 atom stereocenters. The number of hydrogen-bond acceptors (Lipinski definition) is 5. The highest BCUT2D eigenvalue weighted by atomic mass is 19.1. The molecule has 0 aliphatic carbocycles. The van der Waals surface area contributed by atoms with Gasteiger partial charge in [0.2, 0.25) is 5.91 Å². The van der Waals surface area contributed by atoms with Gasteiger partial charge < -0.3 is 15.1 Å². The molecule has 34 heavy (non-hydrogen) atoms. The van der Waals surface area contributed by atoms with E-state index in [1.54, 1.807) is 18.3 Å². The number of carbonyl (C=O) groups excluding carboxylic acids is 1. The third-order valence-corrected chi connectivity index (χ3v) is 6.37. The maximum absolute atomic E-state index is 13.6. The van der Waals surface area contributed by atoms with Crippen molar-refractivity contribution in [3.8, 4) is 11.4 Å². The predicted molar refractivity (Wildman–Crippen MR) is 134 cm³/mol. The van der Waals surface area contributed by atoms with E-state index in [9.17, 15) is 9.18 Å². The SMILES string of the molecule is CCN(CC)c1ccc(CNC(=O)[C@@H]2CCCN(c3ccnc(-c4cccc(F)c4)n3)C2)cc1. The minimum Gasteiger partial charge on any atom is -0.372 e. The molecule has 2 heterocycles. The minimum absolute atomic E-state index is 0.0666. The molecule has 1 amide bonds. The van der Waals surface area contributed by atoms with Gasteiger partial charge in [-0.25, -0.2) is 14.4 Å². The average Bonchev–Trinajstić information content (AvgIpc) is 2.89. The first-order valence-electron chi connectivity index (χ1n) is 12.0. The second-order valence-corrected chi connectivity index (χ2v) is 8.59. The zero-order valence-electron chi connectivity index (χ0n) is 19.9. The fourth-order valence-corrected chi connectivity index (χ4v) is 4.44. The predicted octanol–water partition coefficient (Wildman–Crippen LogP) is 4.66.